The number of aromatic nitrogens is 3. The third-order valence-electron chi connectivity index (χ3n) is 2.74. The van der Waals surface area contributed by atoms with Crippen molar-refractivity contribution in [3.05, 3.63) is 11.4 Å². The maximum atomic E-state index is 10.8. The fourth-order valence-electron chi connectivity index (χ4n) is 1.90. The first-order chi connectivity index (χ1) is 6.72. The first-order valence-electron chi connectivity index (χ1n) is 4.86. The molecule has 0 spiro atoms. The van der Waals surface area contributed by atoms with Gasteiger partial charge in [-0.25, -0.2) is 4.68 Å². The Hall–Kier alpha value is -1.39. The normalized spacial score (nSPS) is 20.5. The Labute approximate surface area is 81.7 Å². The lowest BCUT2D eigenvalue weighted by molar-refractivity contribution is -0.142. The molecular formula is C9H13N3O2. The molecule has 1 aromatic rings. The van der Waals surface area contributed by atoms with Crippen LogP contribution >= 0.6 is 0 Å². The molecule has 0 bridgehead atoms. The molecular weight excluding hydrogens is 182 g/mol. The number of aliphatic carboxylic acids is 1. The maximum absolute atomic E-state index is 10.8. The van der Waals surface area contributed by atoms with Crippen molar-refractivity contribution in [2.24, 2.45) is 5.92 Å². The summed E-state index contributed by atoms with van der Waals surface area (Å²) in [5, 5.41) is 16.9. The summed E-state index contributed by atoms with van der Waals surface area (Å²) < 4.78 is 1.80. The Kier molecular flexibility index (Phi) is 2.23. The van der Waals surface area contributed by atoms with Crippen LogP contribution in [0.15, 0.2) is 0 Å². The van der Waals surface area contributed by atoms with Crippen LogP contribution in [0, 0.1) is 5.92 Å². The molecule has 2 rings (SSSR count). The number of nitrogens with zero attached hydrogens (tertiary/aromatic N) is 3. The largest absolute Gasteiger partial charge is 0.481 e. The van der Waals surface area contributed by atoms with Gasteiger partial charge in [-0.1, -0.05) is 5.21 Å². The zero-order chi connectivity index (χ0) is 10.1. The van der Waals surface area contributed by atoms with Crippen molar-refractivity contribution < 1.29 is 9.90 Å². The Morgan fingerprint density at radius 3 is 3.14 bits per heavy atom. The molecule has 0 radical (unpaired) electrons. The molecule has 1 heterocycles. The predicted octanol–water partition coefficient (Wildman–Crippen LogP) is 0.487. The lowest BCUT2D eigenvalue weighted by atomic mass is 9.90. The number of hydrogen-bond acceptors (Lipinski definition) is 3. The van der Waals surface area contributed by atoms with Gasteiger partial charge >= 0.3 is 5.97 Å². The van der Waals surface area contributed by atoms with E-state index in [1.807, 2.05) is 6.92 Å². The summed E-state index contributed by atoms with van der Waals surface area (Å²) in [7, 11) is 0. The standard InChI is InChI=1S/C9H13N3O2/c1-2-12-8-5-6(9(13)14)3-4-7(8)10-11-12/h6H,2-5H2,1H3,(H,13,14). The van der Waals surface area contributed by atoms with E-state index in [4.69, 9.17) is 5.11 Å². The van der Waals surface area contributed by atoms with Crippen molar-refractivity contribution >= 4 is 5.97 Å². The van der Waals surface area contributed by atoms with Crippen LogP contribution in [0.1, 0.15) is 24.7 Å². The van der Waals surface area contributed by atoms with Crippen LogP contribution in [0.4, 0.5) is 0 Å². The number of carboxylic acids is 1. The summed E-state index contributed by atoms with van der Waals surface area (Å²) in [6.07, 6.45) is 2.00. The van der Waals surface area contributed by atoms with Gasteiger partial charge in [-0.3, -0.25) is 4.79 Å². The highest BCUT2D eigenvalue weighted by Crippen LogP contribution is 2.23. The van der Waals surface area contributed by atoms with Crippen molar-refractivity contribution in [2.75, 3.05) is 0 Å². The average Bonchev–Trinajstić information content (AvgIpc) is 2.59. The smallest absolute Gasteiger partial charge is 0.306 e. The first kappa shape index (κ1) is 9.18. The van der Waals surface area contributed by atoms with Gasteiger partial charge in [0.2, 0.25) is 0 Å². The van der Waals surface area contributed by atoms with Gasteiger partial charge in [0.15, 0.2) is 0 Å². The molecule has 1 atom stereocenters. The molecule has 1 aliphatic carbocycles. The van der Waals surface area contributed by atoms with Crippen molar-refractivity contribution in [2.45, 2.75) is 32.7 Å². The summed E-state index contributed by atoms with van der Waals surface area (Å²) in [6.45, 7) is 2.74. The Morgan fingerprint density at radius 2 is 2.50 bits per heavy atom. The fraction of sp³-hybridized carbons (Fsp3) is 0.667. The zero-order valence-electron chi connectivity index (χ0n) is 8.10. The predicted molar refractivity (Wildman–Crippen MR) is 48.8 cm³/mol. The zero-order valence-corrected chi connectivity index (χ0v) is 8.10. The van der Waals surface area contributed by atoms with Crippen molar-refractivity contribution in [1.29, 1.82) is 0 Å². The highest BCUT2D eigenvalue weighted by Gasteiger charge is 2.27. The van der Waals surface area contributed by atoms with Crippen LogP contribution in [0.25, 0.3) is 0 Å². The van der Waals surface area contributed by atoms with E-state index in [1.54, 1.807) is 4.68 Å². The van der Waals surface area contributed by atoms with E-state index in [-0.39, 0.29) is 5.92 Å². The molecule has 5 nitrogen and oxygen atoms in total. The van der Waals surface area contributed by atoms with Crippen LogP contribution in [-0.2, 0) is 24.2 Å². The van der Waals surface area contributed by atoms with Gasteiger partial charge in [-0.15, -0.1) is 5.10 Å². The summed E-state index contributed by atoms with van der Waals surface area (Å²) >= 11 is 0. The molecule has 1 aromatic heterocycles. The molecule has 0 aliphatic heterocycles. The van der Waals surface area contributed by atoms with Crippen molar-refractivity contribution in [3.63, 3.8) is 0 Å². The first-order valence-corrected chi connectivity index (χ1v) is 4.86. The molecule has 76 valence electrons. The van der Waals surface area contributed by atoms with Crippen LogP contribution in [0.3, 0.4) is 0 Å². The fourth-order valence-corrected chi connectivity index (χ4v) is 1.90. The van der Waals surface area contributed by atoms with E-state index < -0.39 is 5.97 Å². The molecule has 0 amide bonds. The van der Waals surface area contributed by atoms with Gasteiger partial charge in [0.05, 0.1) is 17.3 Å². The summed E-state index contributed by atoms with van der Waals surface area (Å²) in [4.78, 5) is 10.8. The summed E-state index contributed by atoms with van der Waals surface area (Å²) in [5.74, 6) is -0.967. The highest BCUT2D eigenvalue weighted by molar-refractivity contribution is 5.70. The van der Waals surface area contributed by atoms with Crippen LogP contribution in [-0.4, -0.2) is 26.1 Å². The van der Waals surface area contributed by atoms with Gasteiger partial charge in [-0.2, -0.15) is 0 Å². The van der Waals surface area contributed by atoms with E-state index in [9.17, 15) is 4.79 Å². The van der Waals surface area contributed by atoms with E-state index in [0.717, 1.165) is 24.4 Å². The summed E-state index contributed by atoms with van der Waals surface area (Å²) in [5.41, 5.74) is 1.98. The lowest BCUT2D eigenvalue weighted by Crippen LogP contribution is -2.23. The monoisotopic (exact) mass is 195 g/mol. The topological polar surface area (TPSA) is 68.0 Å². The van der Waals surface area contributed by atoms with E-state index >= 15 is 0 Å². The summed E-state index contributed by atoms with van der Waals surface area (Å²) in [6, 6.07) is 0. The molecule has 1 N–H and O–H groups in total. The van der Waals surface area contributed by atoms with Crippen molar-refractivity contribution in [3.8, 4) is 0 Å². The molecule has 0 fully saturated rings. The van der Waals surface area contributed by atoms with Crippen molar-refractivity contribution in [1.82, 2.24) is 15.0 Å². The van der Waals surface area contributed by atoms with E-state index in [1.165, 1.54) is 0 Å². The number of carbonyl (C=O) groups is 1. The van der Waals surface area contributed by atoms with Gasteiger partial charge in [-0.05, 0) is 19.8 Å². The van der Waals surface area contributed by atoms with Gasteiger partial charge in [0.1, 0.15) is 0 Å². The van der Waals surface area contributed by atoms with Crippen LogP contribution in [0.2, 0.25) is 0 Å². The highest BCUT2D eigenvalue weighted by atomic mass is 16.4. The van der Waals surface area contributed by atoms with Gasteiger partial charge in [0, 0.05) is 13.0 Å². The molecule has 0 aromatic carbocycles. The van der Waals surface area contributed by atoms with Crippen LogP contribution < -0.4 is 0 Å². The number of rotatable bonds is 2. The van der Waals surface area contributed by atoms with Gasteiger partial charge in [0.25, 0.3) is 0 Å². The number of fused-ring (bicyclic) bond motifs is 1. The molecule has 1 aliphatic rings. The number of hydrogen-bond donors (Lipinski definition) is 1. The Balaban J connectivity index is 2.27. The minimum Gasteiger partial charge on any atom is -0.481 e. The van der Waals surface area contributed by atoms with E-state index in [2.05, 4.69) is 10.3 Å². The number of carboxylic acid groups (broad SMARTS) is 1. The lowest BCUT2D eigenvalue weighted by Gasteiger charge is -2.17. The van der Waals surface area contributed by atoms with Crippen LogP contribution in [0.5, 0.6) is 0 Å². The van der Waals surface area contributed by atoms with Gasteiger partial charge < -0.3 is 5.11 Å². The minimum absolute atomic E-state index is 0.258. The second-order valence-electron chi connectivity index (χ2n) is 3.58. The molecule has 14 heavy (non-hydrogen) atoms. The molecule has 1 unspecified atom stereocenters. The Bertz CT molecular complexity index is 345. The SMILES string of the molecule is CCn1nnc2c1CC(C(=O)O)CC2. The number of aryl methyl sites for hydroxylation is 2. The van der Waals surface area contributed by atoms with E-state index in [0.29, 0.717) is 12.8 Å². The third-order valence-corrected chi connectivity index (χ3v) is 2.74. The average molecular weight is 195 g/mol. The second kappa shape index (κ2) is 3.40. The maximum Gasteiger partial charge on any atom is 0.306 e. The Morgan fingerprint density at radius 1 is 1.71 bits per heavy atom. The molecule has 0 saturated carbocycles. The quantitative estimate of drug-likeness (QED) is 0.745. The third kappa shape index (κ3) is 1.38. The minimum atomic E-state index is -0.709. The molecule has 0 saturated heterocycles. The molecule has 5 heteroatoms. The second-order valence-corrected chi connectivity index (χ2v) is 3.58.